The van der Waals surface area contributed by atoms with E-state index in [9.17, 15) is 4.79 Å². The maximum absolute atomic E-state index is 11.1. The molecule has 0 atom stereocenters. The van der Waals surface area contributed by atoms with E-state index in [0.29, 0.717) is 6.54 Å². The summed E-state index contributed by atoms with van der Waals surface area (Å²) in [4.78, 5) is 11.1. The third-order valence-corrected chi connectivity index (χ3v) is 2.13. The van der Waals surface area contributed by atoms with Crippen molar-refractivity contribution >= 4 is 16.8 Å². The molecule has 2 rings (SSSR count). The van der Waals surface area contributed by atoms with Gasteiger partial charge in [-0.25, -0.2) is 0 Å². The maximum atomic E-state index is 11.1. The molecule has 2 aromatic rings. The average Bonchev–Trinajstić information content (AvgIpc) is 2.59. The second-order valence-corrected chi connectivity index (χ2v) is 3.09. The van der Waals surface area contributed by atoms with Gasteiger partial charge in [0.25, 0.3) is 5.91 Å². The first kappa shape index (κ1) is 9.28. The summed E-state index contributed by atoms with van der Waals surface area (Å²) < 4.78 is 1.59. The largest absolute Gasteiger partial charge is 0.364 e. The van der Waals surface area contributed by atoms with E-state index in [1.807, 2.05) is 18.2 Å². The lowest BCUT2D eigenvalue weighted by Crippen LogP contribution is -2.12. The van der Waals surface area contributed by atoms with Gasteiger partial charge in [0, 0.05) is 5.39 Å². The first-order chi connectivity index (χ1) is 7.24. The summed E-state index contributed by atoms with van der Waals surface area (Å²) in [5.74, 6) is 1.94. The van der Waals surface area contributed by atoms with Crippen molar-refractivity contribution in [3.05, 3.63) is 30.0 Å². The molecule has 0 saturated heterocycles. The van der Waals surface area contributed by atoms with Crippen LogP contribution in [-0.4, -0.2) is 15.7 Å². The zero-order valence-electron chi connectivity index (χ0n) is 7.97. The number of carbonyl (C=O) groups is 1. The normalized spacial score (nSPS) is 10.1. The summed E-state index contributed by atoms with van der Waals surface area (Å²) in [6, 6.07) is 7.35. The lowest BCUT2D eigenvalue weighted by atomic mass is 10.2. The van der Waals surface area contributed by atoms with E-state index in [1.54, 1.807) is 10.7 Å². The van der Waals surface area contributed by atoms with E-state index in [2.05, 4.69) is 11.0 Å². The van der Waals surface area contributed by atoms with Gasteiger partial charge in [0.1, 0.15) is 6.54 Å². The molecule has 15 heavy (non-hydrogen) atoms. The molecule has 0 radical (unpaired) electrons. The number of terminal acetylenes is 1. The number of aromatic nitrogens is 2. The van der Waals surface area contributed by atoms with Crippen molar-refractivity contribution in [1.29, 1.82) is 0 Å². The van der Waals surface area contributed by atoms with E-state index in [-0.39, 0.29) is 5.69 Å². The van der Waals surface area contributed by atoms with Crippen LogP contribution in [0.5, 0.6) is 0 Å². The Morgan fingerprint density at radius 3 is 2.93 bits per heavy atom. The number of rotatable bonds is 2. The highest BCUT2D eigenvalue weighted by atomic mass is 16.1. The third kappa shape index (κ3) is 1.44. The van der Waals surface area contributed by atoms with Crippen molar-refractivity contribution in [3.8, 4) is 12.3 Å². The van der Waals surface area contributed by atoms with E-state index >= 15 is 0 Å². The van der Waals surface area contributed by atoms with Crippen LogP contribution in [0.25, 0.3) is 10.9 Å². The molecular weight excluding hydrogens is 190 g/mol. The molecule has 1 heterocycles. The molecular formula is C11H9N3O. The molecule has 0 spiro atoms. The van der Waals surface area contributed by atoms with Gasteiger partial charge in [-0.1, -0.05) is 24.1 Å². The van der Waals surface area contributed by atoms with Crippen molar-refractivity contribution in [2.24, 2.45) is 5.73 Å². The first-order valence-corrected chi connectivity index (χ1v) is 4.43. The minimum atomic E-state index is -0.540. The van der Waals surface area contributed by atoms with Crippen LogP contribution in [0.4, 0.5) is 0 Å². The van der Waals surface area contributed by atoms with Gasteiger partial charge in [-0.2, -0.15) is 5.10 Å². The summed E-state index contributed by atoms with van der Waals surface area (Å²) in [6.45, 7) is 0.327. The van der Waals surface area contributed by atoms with Gasteiger partial charge in [-0.05, 0) is 6.07 Å². The van der Waals surface area contributed by atoms with Crippen LogP contribution in [0.2, 0.25) is 0 Å². The standard InChI is InChI=1S/C11H9N3O/c1-2-7-14-9-6-4-3-5-8(9)10(13-14)11(12)15/h1,3-6H,7H2,(H2,12,15). The molecule has 0 saturated carbocycles. The lowest BCUT2D eigenvalue weighted by molar-refractivity contribution is 0.0996. The number of primary amides is 1. The molecule has 74 valence electrons. The fourth-order valence-electron chi connectivity index (χ4n) is 1.52. The molecule has 1 aromatic carbocycles. The summed E-state index contributed by atoms with van der Waals surface area (Å²) in [7, 11) is 0. The smallest absolute Gasteiger partial charge is 0.269 e. The van der Waals surface area contributed by atoms with Crippen LogP contribution < -0.4 is 5.73 Å². The summed E-state index contributed by atoms with van der Waals surface area (Å²) in [6.07, 6.45) is 5.21. The molecule has 0 unspecified atom stereocenters. The highest BCUT2D eigenvalue weighted by Crippen LogP contribution is 2.17. The average molecular weight is 199 g/mol. The van der Waals surface area contributed by atoms with Crippen molar-refractivity contribution in [2.75, 3.05) is 0 Å². The Morgan fingerprint density at radius 1 is 1.53 bits per heavy atom. The Kier molecular flexibility index (Phi) is 2.14. The van der Waals surface area contributed by atoms with Crippen molar-refractivity contribution < 1.29 is 4.79 Å². The predicted octanol–water partition coefficient (Wildman–Crippen LogP) is 0.768. The molecule has 0 aliphatic heterocycles. The number of fused-ring (bicyclic) bond motifs is 1. The Morgan fingerprint density at radius 2 is 2.27 bits per heavy atom. The van der Waals surface area contributed by atoms with Gasteiger partial charge in [-0.3, -0.25) is 9.48 Å². The number of carbonyl (C=O) groups excluding carboxylic acids is 1. The molecule has 1 aromatic heterocycles. The van der Waals surface area contributed by atoms with E-state index in [1.165, 1.54) is 0 Å². The zero-order chi connectivity index (χ0) is 10.8. The molecule has 0 fully saturated rings. The van der Waals surface area contributed by atoms with E-state index < -0.39 is 5.91 Å². The van der Waals surface area contributed by atoms with Gasteiger partial charge >= 0.3 is 0 Å². The molecule has 0 bridgehead atoms. The van der Waals surface area contributed by atoms with Crippen LogP contribution in [0.15, 0.2) is 24.3 Å². The quantitative estimate of drug-likeness (QED) is 0.726. The van der Waals surface area contributed by atoms with Gasteiger partial charge in [0.05, 0.1) is 5.52 Å². The predicted molar refractivity (Wildman–Crippen MR) is 57.1 cm³/mol. The van der Waals surface area contributed by atoms with Crippen molar-refractivity contribution in [3.63, 3.8) is 0 Å². The van der Waals surface area contributed by atoms with Gasteiger partial charge in [0.15, 0.2) is 5.69 Å². The third-order valence-electron chi connectivity index (χ3n) is 2.13. The Bertz CT molecular complexity index is 563. The van der Waals surface area contributed by atoms with Crippen LogP contribution in [-0.2, 0) is 6.54 Å². The van der Waals surface area contributed by atoms with Crippen LogP contribution >= 0.6 is 0 Å². The topological polar surface area (TPSA) is 60.9 Å². The number of para-hydroxylation sites is 1. The zero-order valence-corrected chi connectivity index (χ0v) is 7.97. The maximum Gasteiger partial charge on any atom is 0.269 e. The number of benzene rings is 1. The van der Waals surface area contributed by atoms with E-state index in [4.69, 9.17) is 12.2 Å². The lowest BCUT2D eigenvalue weighted by Gasteiger charge is -1.95. The molecule has 4 nitrogen and oxygen atoms in total. The molecule has 0 aliphatic carbocycles. The second-order valence-electron chi connectivity index (χ2n) is 3.09. The monoisotopic (exact) mass is 199 g/mol. The van der Waals surface area contributed by atoms with Crippen LogP contribution in [0.3, 0.4) is 0 Å². The van der Waals surface area contributed by atoms with Crippen LogP contribution in [0, 0.1) is 12.3 Å². The Balaban J connectivity index is 2.74. The number of amides is 1. The number of nitrogens with zero attached hydrogens (tertiary/aromatic N) is 2. The highest BCUT2D eigenvalue weighted by Gasteiger charge is 2.13. The fraction of sp³-hybridized carbons (Fsp3) is 0.0909. The fourth-order valence-corrected chi connectivity index (χ4v) is 1.52. The Labute approximate surface area is 86.7 Å². The van der Waals surface area contributed by atoms with Gasteiger partial charge in [-0.15, -0.1) is 6.42 Å². The number of hydrogen-bond donors (Lipinski definition) is 1. The molecule has 1 amide bonds. The summed E-state index contributed by atoms with van der Waals surface area (Å²) in [5, 5.41) is 4.81. The molecule has 4 heteroatoms. The highest BCUT2D eigenvalue weighted by molar-refractivity contribution is 6.04. The minimum absolute atomic E-state index is 0.265. The van der Waals surface area contributed by atoms with Crippen LogP contribution in [0.1, 0.15) is 10.5 Å². The van der Waals surface area contributed by atoms with Gasteiger partial charge in [0.2, 0.25) is 0 Å². The van der Waals surface area contributed by atoms with Crippen molar-refractivity contribution in [1.82, 2.24) is 9.78 Å². The Hall–Kier alpha value is -2.28. The summed E-state index contributed by atoms with van der Waals surface area (Å²) in [5.41, 5.74) is 6.31. The molecule has 0 aliphatic rings. The SMILES string of the molecule is C#CCn1nc(C(N)=O)c2ccccc21. The minimum Gasteiger partial charge on any atom is -0.364 e. The first-order valence-electron chi connectivity index (χ1n) is 4.43. The molecule has 2 N–H and O–H groups in total. The number of hydrogen-bond acceptors (Lipinski definition) is 2. The second kappa shape index (κ2) is 3.46. The number of nitrogens with two attached hydrogens (primary N) is 1. The van der Waals surface area contributed by atoms with Gasteiger partial charge < -0.3 is 5.73 Å². The summed E-state index contributed by atoms with van der Waals surface area (Å²) >= 11 is 0. The van der Waals surface area contributed by atoms with Crippen molar-refractivity contribution in [2.45, 2.75) is 6.54 Å². The van der Waals surface area contributed by atoms with E-state index in [0.717, 1.165) is 10.9 Å².